The van der Waals surface area contributed by atoms with Crippen molar-refractivity contribution in [2.45, 2.75) is 32.5 Å². The minimum atomic E-state index is -4.13. The molecular formula is C21H32F3IN4O. The summed E-state index contributed by atoms with van der Waals surface area (Å²) >= 11 is 0. The Morgan fingerprint density at radius 2 is 2.00 bits per heavy atom. The van der Waals surface area contributed by atoms with E-state index in [1.54, 1.807) is 7.05 Å². The Morgan fingerprint density at radius 3 is 2.67 bits per heavy atom. The fraction of sp³-hybridized carbons (Fsp3) is 0.667. The maximum atomic E-state index is 12.6. The summed E-state index contributed by atoms with van der Waals surface area (Å²) in [6, 6.07) is 6.39. The van der Waals surface area contributed by atoms with Crippen LogP contribution < -0.4 is 5.32 Å². The van der Waals surface area contributed by atoms with Crippen LogP contribution in [0.4, 0.5) is 13.2 Å². The number of alkyl halides is 3. The zero-order chi connectivity index (χ0) is 21.0. The first-order valence-electron chi connectivity index (χ1n) is 10.2. The van der Waals surface area contributed by atoms with E-state index in [1.807, 2.05) is 0 Å². The number of hydrogen-bond acceptors (Lipinski definition) is 3. The van der Waals surface area contributed by atoms with Gasteiger partial charge in [0.05, 0.1) is 19.7 Å². The molecule has 30 heavy (non-hydrogen) atoms. The van der Waals surface area contributed by atoms with E-state index in [0.717, 1.165) is 18.9 Å². The predicted octanol–water partition coefficient (Wildman–Crippen LogP) is 3.75. The molecule has 0 bridgehead atoms. The van der Waals surface area contributed by atoms with Crippen molar-refractivity contribution < 1.29 is 17.9 Å². The van der Waals surface area contributed by atoms with E-state index in [2.05, 4.69) is 47.3 Å². The lowest BCUT2D eigenvalue weighted by atomic mass is 10.00. The van der Waals surface area contributed by atoms with Crippen LogP contribution in [-0.4, -0.2) is 74.9 Å². The van der Waals surface area contributed by atoms with Crippen molar-refractivity contribution in [2.24, 2.45) is 10.9 Å². The number of guanidine groups is 1. The van der Waals surface area contributed by atoms with Gasteiger partial charge in [-0.25, -0.2) is 0 Å². The highest BCUT2D eigenvalue weighted by Gasteiger charge is 2.34. The zero-order valence-corrected chi connectivity index (χ0v) is 20.2. The molecule has 1 aromatic carbocycles. The Kier molecular flexibility index (Phi) is 9.23. The summed E-state index contributed by atoms with van der Waals surface area (Å²) in [5.74, 6) is 0.989. The van der Waals surface area contributed by atoms with Gasteiger partial charge in [0.1, 0.15) is 6.10 Å². The van der Waals surface area contributed by atoms with Crippen LogP contribution in [0.15, 0.2) is 23.2 Å². The van der Waals surface area contributed by atoms with E-state index in [1.165, 1.54) is 21.6 Å². The van der Waals surface area contributed by atoms with Crippen LogP contribution >= 0.6 is 24.0 Å². The number of ether oxygens (including phenoxy) is 1. The van der Waals surface area contributed by atoms with Gasteiger partial charge in [0.2, 0.25) is 0 Å². The minimum Gasteiger partial charge on any atom is -0.370 e. The molecule has 2 fully saturated rings. The summed E-state index contributed by atoms with van der Waals surface area (Å²) in [5, 5.41) is 3.37. The summed E-state index contributed by atoms with van der Waals surface area (Å²) in [5.41, 5.74) is 3.64. The number of aliphatic imine (C=N–C) groups is 1. The maximum Gasteiger partial charge on any atom is 0.401 e. The van der Waals surface area contributed by atoms with Gasteiger partial charge in [0.25, 0.3) is 0 Å². The second-order valence-corrected chi connectivity index (χ2v) is 8.10. The monoisotopic (exact) mass is 540 g/mol. The molecule has 0 aliphatic carbocycles. The summed E-state index contributed by atoms with van der Waals surface area (Å²) in [6.07, 6.45) is -3.37. The third kappa shape index (κ3) is 6.98. The molecule has 3 rings (SSSR count). The van der Waals surface area contributed by atoms with Crippen molar-refractivity contribution in [3.63, 3.8) is 0 Å². The number of rotatable bonds is 4. The Labute approximate surface area is 194 Å². The second kappa shape index (κ2) is 11.0. The SMILES string of the molecule is CN=C(NCC1CCN(CC(F)(F)F)C1)N1CCOC(c2ccc(C)cc2C)C1.I. The second-order valence-electron chi connectivity index (χ2n) is 8.10. The molecule has 2 unspecified atom stereocenters. The van der Waals surface area contributed by atoms with E-state index < -0.39 is 12.7 Å². The van der Waals surface area contributed by atoms with Gasteiger partial charge in [-0.2, -0.15) is 13.2 Å². The highest BCUT2D eigenvalue weighted by atomic mass is 127. The van der Waals surface area contributed by atoms with Gasteiger partial charge in [-0.05, 0) is 43.9 Å². The lowest BCUT2D eigenvalue weighted by Gasteiger charge is -2.36. The van der Waals surface area contributed by atoms with Gasteiger partial charge in [-0.15, -0.1) is 24.0 Å². The fourth-order valence-electron chi connectivity index (χ4n) is 4.26. The predicted molar refractivity (Wildman–Crippen MR) is 124 cm³/mol. The number of halogens is 4. The minimum absolute atomic E-state index is 0. The van der Waals surface area contributed by atoms with Gasteiger partial charge >= 0.3 is 6.18 Å². The van der Waals surface area contributed by atoms with Crippen LogP contribution in [0.1, 0.15) is 29.2 Å². The molecule has 0 amide bonds. The molecule has 2 atom stereocenters. The van der Waals surface area contributed by atoms with Crippen LogP contribution in [0.3, 0.4) is 0 Å². The van der Waals surface area contributed by atoms with Crippen molar-refractivity contribution in [2.75, 3.05) is 52.9 Å². The lowest BCUT2D eigenvalue weighted by Crippen LogP contribution is -2.49. The average molecular weight is 540 g/mol. The molecule has 1 aromatic rings. The van der Waals surface area contributed by atoms with Crippen LogP contribution in [-0.2, 0) is 4.74 Å². The quantitative estimate of drug-likeness (QED) is 0.359. The molecule has 5 nitrogen and oxygen atoms in total. The number of hydrogen-bond donors (Lipinski definition) is 1. The van der Waals surface area contributed by atoms with Crippen LogP contribution in [0, 0.1) is 19.8 Å². The Hall–Kier alpha value is -1.07. The van der Waals surface area contributed by atoms with Crippen LogP contribution in [0.25, 0.3) is 0 Å². The number of likely N-dealkylation sites (tertiary alicyclic amines) is 1. The molecule has 0 radical (unpaired) electrons. The summed E-state index contributed by atoms with van der Waals surface area (Å²) < 4.78 is 43.7. The van der Waals surface area contributed by atoms with E-state index in [0.29, 0.717) is 32.8 Å². The largest absolute Gasteiger partial charge is 0.401 e. The molecule has 2 aliphatic heterocycles. The van der Waals surface area contributed by atoms with Crippen molar-refractivity contribution in [1.82, 2.24) is 15.1 Å². The zero-order valence-electron chi connectivity index (χ0n) is 17.8. The van der Waals surface area contributed by atoms with Crippen LogP contribution in [0.2, 0.25) is 0 Å². The fourth-order valence-corrected chi connectivity index (χ4v) is 4.26. The molecule has 0 spiro atoms. The first kappa shape index (κ1) is 25.2. The molecule has 1 N–H and O–H groups in total. The number of nitrogens with zero attached hydrogens (tertiary/aromatic N) is 3. The van der Waals surface area contributed by atoms with E-state index in [9.17, 15) is 13.2 Å². The van der Waals surface area contributed by atoms with Gasteiger partial charge in [-0.1, -0.05) is 23.8 Å². The highest BCUT2D eigenvalue weighted by Crippen LogP contribution is 2.26. The Bertz CT molecular complexity index is 729. The van der Waals surface area contributed by atoms with Gasteiger partial charge in [0.15, 0.2) is 5.96 Å². The number of nitrogens with one attached hydrogen (secondary N) is 1. The summed E-state index contributed by atoms with van der Waals surface area (Å²) in [7, 11) is 1.74. The molecule has 2 heterocycles. The van der Waals surface area contributed by atoms with Crippen molar-refractivity contribution in [3.05, 3.63) is 34.9 Å². The molecular weight excluding hydrogens is 508 g/mol. The molecule has 2 aliphatic rings. The Morgan fingerprint density at radius 1 is 1.23 bits per heavy atom. The van der Waals surface area contributed by atoms with Gasteiger partial charge in [0, 0.05) is 26.7 Å². The summed E-state index contributed by atoms with van der Waals surface area (Å²) in [6.45, 7) is 7.02. The van der Waals surface area contributed by atoms with Gasteiger partial charge in [-0.3, -0.25) is 9.89 Å². The van der Waals surface area contributed by atoms with Crippen LogP contribution in [0.5, 0.6) is 0 Å². The molecule has 0 aromatic heterocycles. The van der Waals surface area contributed by atoms with Crippen molar-refractivity contribution >= 4 is 29.9 Å². The molecule has 9 heteroatoms. The number of morpholine rings is 1. The smallest absolute Gasteiger partial charge is 0.370 e. The van der Waals surface area contributed by atoms with E-state index >= 15 is 0 Å². The third-order valence-corrected chi connectivity index (χ3v) is 5.67. The van der Waals surface area contributed by atoms with E-state index in [-0.39, 0.29) is 36.0 Å². The molecule has 170 valence electrons. The molecule has 0 saturated carbocycles. The Balaban J connectivity index is 0.00000320. The first-order chi connectivity index (χ1) is 13.7. The van der Waals surface area contributed by atoms with E-state index in [4.69, 9.17) is 4.74 Å². The number of aryl methyl sites for hydroxylation is 2. The number of benzene rings is 1. The standard InChI is InChI=1S/C21H31F3N4O.HI/c1-15-4-5-18(16(2)10-15)19-13-28(8-9-29-19)20(25-3)26-11-17-6-7-27(12-17)14-21(22,23)24;/h4-5,10,17,19H,6-9,11-14H2,1-3H3,(H,25,26);1H. The normalized spacial score (nSPS) is 23.4. The average Bonchev–Trinajstić information content (AvgIpc) is 3.08. The topological polar surface area (TPSA) is 40.1 Å². The highest BCUT2D eigenvalue weighted by molar-refractivity contribution is 14.0. The van der Waals surface area contributed by atoms with Crippen molar-refractivity contribution in [1.29, 1.82) is 0 Å². The third-order valence-electron chi connectivity index (χ3n) is 5.67. The van der Waals surface area contributed by atoms with Crippen molar-refractivity contribution in [3.8, 4) is 0 Å². The maximum absolute atomic E-state index is 12.6. The first-order valence-corrected chi connectivity index (χ1v) is 10.2. The molecule has 2 saturated heterocycles. The summed E-state index contributed by atoms with van der Waals surface area (Å²) in [4.78, 5) is 8.06. The lowest BCUT2D eigenvalue weighted by molar-refractivity contribution is -0.143. The van der Waals surface area contributed by atoms with Gasteiger partial charge < -0.3 is 15.0 Å².